The standard InChI is InChI=1S/C11H14N2O4/c1-12-6-8(5-9(12)10(14)15)7-13-3-2-4-17-11(13)16/h5-6H,2-4,7H2,1H3,(H,14,15). The molecular formula is C11H14N2O4. The Labute approximate surface area is 98.4 Å². The maximum atomic E-state index is 11.4. The van der Waals surface area contributed by atoms with Gasteiger partial charge in [-0.1, -0.05) is 0 Å². The van der Waals surface area contributed by atoms with Gasteiger partial charge in [-0.15, -0.1) is 0 Å². The molecule has 6 heteroatoms. The highest BCUT2D eigenvalue weighted by Crippen LogP contribution is 2.13. The van der Waals surface area contributed by atoms with E-state index in [0.717, 1.165) is 12.0 Å². The molecule has 0 atom stereocenters. The Bertz CT molecular complexity index is 452. The SMILES string of the molecule is Cn1cc(CN2CCCOC2=O)cc1C(=O)O. The van der Waals surface area contributed by atoms with Gasteiger partial charge < -0.3 is 19.3 Å². The van der Waals surface area contributed by atoms with E-state index in [0.29, 0.717) is 19.7 Å². The zero-order valence-electron chi connectivity index (χ0n) is 9.55. The minimum absolute atomic E-state index is 0.213. The first kappa shape index (κ1) is 11.5. The van der Waals surface area contributed by atoms with Gasteiger partial charge in [0, 0.05) is 19.8 Å². The molecule has 0 saturated carbocycles. The monoisotopic (exact) mass is 238 g/mol. The first-order chi connectivity index (χ1) is 8.08. The fourth-order valence-corrected chi connectivity index (χ4v) is 1.89. The van der Waals surface area contributed by atoms with Gasteiger partial charge in [0.25, 0.3) is 0 Å². The molecular weight excluding hydrogens is 224 g/mol. The van der Waals surface area contributed by atoms with Gasteiger partial charge in [0.1, 0.15) is 5.69 Å². The Balaban J connectivity index is 2.10. The van der Waals surface area contributed by atoms with E-state index in [2.05, 4.69) is 0 Å². The summed E-state index contributed by atoms with van der Waals surface area (Å²) in [7, 11) is 1.67. The molecule has 1 N–H and O–H groups in total. The summed E-state index contributed by atoms with van der Waals surface area (Å²) in [6.07, 6.45) is 2.19. The average molecular weight is 238 g/mol. The fraction of sp³-hybridized carbons (Fsp3) is 0.455. The Morgan fingerprint density at radius 1 is 1.59 bits per heavy atom. The molecule has 1 amide bonds. The van der Waals surface area contributed by atoms with Crippen LogP contribution in [0.15, 0.2) is 12.3 Å². The predicted molar refractivity (Wildman–Crippen MR) is 58.7 cm³/mol. The van der Waals surface area contributed by atoms with E-state index in [4.69, 9.17) is 9.84 Å². The van der Waals surface area contributed by atoms with E-state index in [-0.39, 0.29) is 11.8 Å². The highest BCUT2D eigenvalue weighted by Gasteiger charge is 2.21. The van der Waals surface area contributed by atoms with Crippen LogP contribution < -0.4 is 0 Å². The van der Waals surface area contributed by atoms with Gasteiger partial charge in [0.2, 0.25) is 0 Å². The Morgan fingerprint density at radius 3 is 2.94 bits per heavy atom. The van der Waals surface area contributed by atoms with Crippen LogP contribution in [0.3, 0.4) is 0 Å². The number of rotatable bonds is 3. The van der Waals surface area contributed by atoms with Crippen molar-refractivity contribution in [3.63, 3.8) is 0 Å². The van der Waals surface area contributed by atoms with E-state index in [1.165, 1.54) is 4.57 Å². The van der Waals surface area contributed by atoms with Crippen LogP contribution in [0.5, 0.6) is 0 Å². The summed E-state index contributed by atoms with van der Waals surface area (Å²) < 4.78 is 6.45. The molecule has 2 heterocycles. The van der Waals surface area contributed by atoms with Crippen LogP contribution in [0.4, 0.5) is 4.79 Å². The highest BCUT2D eigenvalue weighted by atomic mass is 16.6. The quantitative estimate of drug-likeness (QED) is 0.854. The number of carbonyl (C=O) groups is 2. The number of carboxylic acid groups (broad SMARTS) is 1. The molecule has 0 unspecified atom stereocenters. The molecule has 1 aromatic rings. The van der Waals surface area contributed by atoms with Crippen LogP contribution >= 0.6 is 0 Å². The van der Waals surface area contributed by atoms with Gasteiger partial charge in [-0.05, 0) is 18.1 Å². The normalized spacial score (nSPS) is 15.8. The summed E-state index contributed by atoms with van der Waals surface area (Å²) >= 11 is 0. The highest BCUT2D eigenvalue weighted by molar-refractivity contribution is 5.86. The van der Waals surface area contributed by atoms with E-state index >= 15 is 0 Å². The lowest BCUT2D eigenvalue weighted by Crippen LogP contribution is -2.36. The third-order valence-corrected chi connectivity index (χ3v) is 2.71. The number of amides is 1. The average Bonchev–Trinajstić information content (AvgIpc) is 2.63. The van der Waals surface area contributed by atoms with Crippen molar-refractivity contribution in [2.75, 3.05) is 13.2 Å². The van der Waals surface area contributed by atoms with Crippen LogP contribution in [-0.4, -0.2) is 39.8 Å². The lowest BCUT2D eigenvalue weighted by molar-refractivity contribution is 0.0685. The van der Waals surface area contributed by atoms with Gasteiger partial charge >= 0.3 is 12.1 Å². The predicted octanol–water partition coefficient (Wildman–Crippen LogP) is 1.07. The molecule has 0 radical (unpaired) electrons. The third kappa shape index (κ3) is 2.41. The number of cyclic esters (lactones) is 1. The lowest BCUT2D eigenvalue weighted by Gasteiger charge is -2.25. The van der Waals surface area contributed by atoms with Crippen LogP contribution in [-0.2, 0) is 18.3 Å². The van der Waals surface area contributed by atoms with E-state index < -0.39 is 5.97 Å². The zero-order valence-corrected chi connectivity index (χ0v) is 9.55. The summed E-state index contributed by atoms with van der Waals surface area (Å²) in [5, 5.41) is 8.91. The molecule has 0 aromatic carbocycles. The Hall–Kier alpha value is -1.98. The molecule has 1 saturated heterocycles. The number of aromatic nitrogens is 1. The molecule has 0 bridgehead atoms. The lowest BCUT2D eigenvalue weighted by atomic mass is 10.2. The molecule has 0 spiro atoms. The summed E-state index contributed by atoms with van der Waals surface area (Å²) in [6.45, 7) is 1.50. The van der Waals surface area contributed by atoms with E-state index in [1.54, 1.807) is 24.2 Å². The zero-order chi connectivity index (χ0) is 12.4. The first-order valence-corrected chi connectivity index (χ1v) is 5.38. The summed E-state index contributed by atoms with van der Waals surface area (Å²) in [6, 6.07) is 1.57. The van der Waals surface area contributed by atoms with Gasteiger partial charge in [0.15, 0.2) is 0 Å². The second kappa shape index (κ2) is 4.48. The van der Waals surface area contributed by atoms with Gasteiger partial charge in [0.05, 0.1) is 13.2 Å². The molecule has 1 aliphatic heterocycles. The minimum Gasteiger partial charge on any atom is -0.477 e. The van der Waals surface area contributed by atoms with Crippen molar-refractivity contribution in [2.24, 2.45) is 7.05 Å². The van der Waals surface area contributed by atoms with Crippen molar-refractivity contribution in [1.29, 1.82) is 0 Å². The number of ether oxygens (including phenoxy) is 1. The topological polar surface area (TPSA) is 71.8 Å². The van der Waals surface area contributed by atoms with Gasteiger partial charge in [-0.25, -0.2) is 9.59 Å². The summed E-state index contributed by atoms with van der Waals surface area (Å²) in [4.78, 5) is 23.8. The van der Waals surface area contributed by atoms with Crippen molar-refractivity contribution in [3.8, 4) is 0 Å². The molecule has 1 fully saturated rings. The Morgan fingerprint density at radius 2 is 2.35 bits per heavy atom. The number of carbonyl (C=O) groups excluding carboxylic acids is 1. The largest absolute Gasteiger partial charge is 0.477 e. The summed E-state index contributed by atoms with van der Waals surface area (Å²) in [5.74, 6) is -0.972. The second-order valence-electron chi connectivity index (χ2n) is 4.04. The number of carboxylic acids is 1. The van der Waals surface area contributed by atoms with Crippen LogP contribution in [0.25, 0.3) is 0 Å². The van der Waals surface area contributed by atoms with Crippen molar-refractivity contribution in [2.45, 2.75) is 13.0 Å². The number of aromatic carboxylic acids is 1. The molecule has 17 heavy (non-hydrogen) atoms. The maximum Gasteiger partial charge on any atom is 0.410 e. The number of hydrogen-bond acceptors (Lipinski definition) is 3. The third-order valence-electron chi connectivity index (χ3n) is 2.71. The maximum absolute atomic E-state index is 11.4. The molecule has 0 aliphatic carbocycles. The van der Waals surface area contributed by atoms with Gasteiger partial charge in [-0.3, -0.25) is 0 Å². The fourth-order valence-electron chi connectivity index (χ4n) is 1.89. The van der Waals surface area contributed by atoms with Crippen LogP contribution in [0.1, 0.15) is 22.5 Å². The second-order valence-corrected chi connectivity index (χ2v) is 4.04. The van der Waals surface area contributed by atoms with Crippen molar-refractivity contribution in [3.05, 3.63) is 23.5 Å². The van der Waals surface area contributed by atoms with E-state index in [1.807, 2.05) is 0 Å². The van der Waals surface area contributed by atoms with Crippen molar-refractivity contribution < 1.29 is 19.4 Å². The van der Waals surface area contributed by atoms with Crippen LogP contribution in [0, 0.1) is 0 Å². The minimum atomic E-state index is -0.972. The smallest absolute Gasteiger partial charge is 0.410 e. The first-order valence-electron chi connectivity index (χ1n) is 5.38. The van der Waals surface area contributed by atoms with E-state index in [9.17, 15) is 9.59 Å². The molecule has 1 aliphatic rings. The van der Waals surface area contributed by atoms with Crippen molar-refractivity contribution in [1.82, 2.24) is 9.47 Å². The molecule has 92 valence electrons. The number of nitrogens with zero attached hydrogens (tertiary/aromatic N) is 2. The molecule has 6 nitrogen and oxygen atoms in total. The Kier molecular flexibility index (Phi) is 3.03. The number of aryl methyl sites for hydroxylation is 1. The van der Waals surface area contributed by atoms with Crippen molar-refractivity contribution >= 4 is 12.1 Å². The molecule has 1 aromatic heterocycles. The number of hydrogen-bond donors (Lipinski definition) is 1. The summed E-state index contributed by atoms with van der Waals surface area (Å²) in [5.41, 5.74) is 1.01. The van der Waals surface area contributed by atoms with Crippen LogP contribution in [0.2, 0.25) is 0 Å². The molecule has 2 rings (SSSR count). The van der Waals surface area contributed by atoms with Gasteiger partial charge in [-0.2, -0.15) is 0 Å².